The molecule has 1 unspecified atom stereocenters. The average molecular weight is 274 g/mol. The predicted octanol–water partition coefficient (Wildman–Crippen LogP) is 2.68. The summed E-state index contributed by atoms with van der Waals surface area (Å²) in [5, 5.41) is 0. The predicted molar refractivity (Wildman–Crippen MR) is 65.7 cm³/mol. The first-order chi connectivity index (χ1) is 8.94. The van der Waals surface area contributed by atoms with Gasteiger partial charge in [0.05, 0.1) is 0 Å². The highest BCUT2D eigenvalue weighted by Gasteiger charge is 2.31. The van der Waals surface area contributed by atoms with E-state index in [1.807, 2.05) is 0 Å². The monoisotopic (exact) mass is 274 g/mol. The molecule has 0 spiro atoms. The fourth-order valence-corrected chi connectivity index (χ4v) is 2.27. The molecule has 0 radical (unpaired) electrons. The smallest absolute Gasteiger partial charge is 0.406 e. The van der Waals surface area contributed by atoms with Gasteiger partial charge in [-0.3, -0.25) is 0 Å². The molecule has 2 N–H and O–H groups in total. The zero-order valence-corrected chi connectivity index (χ0v) is 10.5. The number of halogens is 3. The van der Waals surface area contributed by atoms with E-state index in [1.54, 1.807) is 12.1 Å². The van der Waals surface area contributed by atoms with E-state index >= 15 is 0 Å². The lowest BCUT2D eigenvalue weighted by molar-refractivity contribution is -0.274. The van der Waals surface area contributed by atoms with Crippen molar-refractivity contribution in [2.75, 3.05) is 19.6 Å². The van der Waals surface area contributed by atoms with Crippen LogP contribution in [0, 0.1) is 0 Å². The van der Waals surface area contributed by atoms with Crippen molar-refractivity contribution >= 4 is 0 Å². The molecule has 1 fully saturated rings. The second-order valence-corrected chi connectivity index (χ2v) is 4.73. The van der Waals surface area contributed by atoms with Gasteiger partial charge in [0.15, 0.2) is 0 Å². The fourth-order valence-electron chi connectivity index (χ4n) is 2.27. The number of likely N-dealkylation sites (tertiary alicyclic amines) is 1. The van der Waals surface area contributed by atoms with E-state index in [-0.39, 0.29) is 11.8 Å². The number of nitrogens with two attached hydrogens (primary N) is 1. The highest BCUT2D eigenvalue weighted by molar-refractivity contribution is 5.29. The Labute approximate surface area is 110 Å². The summed E-state index contributed by atoms with van der Waals surface area (Å²) in [6.45, 7) is 2.82. The molecule has 1 aliphatic heterocycles. The lowest BCUT2D eigenvalue weighted by atomic mass is 10.1. The molecule has 6 heteroatoms. The lowest BCUT2D eigenvalue weighted by Gasteiger charge is -2.20. The number of nitrogens with zero attached hydrogens (tertiary/aromatic N) is 1. The van der Waals surface area contributed by atoms with Crippen molar-refractivity contribution in [2.24, 2.45) is 5.73 Å². The molecule has 1 heterocycles. The number of hydrogen-bond donors (Lipinski definition) is 1. The van der Waals surface area contributed by atoms with Gasteiger partial charge in [-0.2, -0.15) is 0 Å². The van der Waals surface area contributed by atoms with Gasteiger partial charge in [-0.1, -0.05) is 12.1 Å². The molecule has 0 saturated carbocycles. The van der Waals surface area contributed by atoms with E-state index in [1.165, 1.54) is 25.0 Å². The van der Waals surface area contributed by atoms with Gasteiger partial charge in [0.2, 0.25) is 0 Å². The highest BCUT2D eigenvalue weighted by Crippen LogP contribution is 2.24. The Kier molecular flexibility index (Phi) is 4.31. The SMILES string of the molecule is NC(CN1CCCC1)c1ccc(OC(F)(F)F)cc1. The highest BCUT2D eigenvalue weighted by atomic mass is 19.4. The van der Waals surface area contributed by atoms with E-state index in [2.05, 4.69) is 9.64 Å². The summed E-state index contributed by atoms with van der Waals surface area (Å²) in [6, 6.07) is 5.58. The molecular formula is C13H17F3N2O. The Morgan fingerprint density at radius 3 is 2.26 bits per heavy atom. The molecule has 1 aromatic rings. The van der Waals surface area contributed by atoms with Crippen molar-refractivity contribution in [3.8, 4) is 5.75 Å². The van der Waals surface area contributed by atoms with Crippen LogP contribution in [0.5, 0.6) is 5.75 Å². The molecule has 0 aliphatic carbocycles. The summed E-state index contributed by atoms with van der Waals surface area (Å²) in [5.41, 5.74) is 6.87. The zero-order chi connectivity index (χ0) is 13.9. The summed E-state index contributed by atoms with van der Waals surface area (Å²) < 4.78 is 39.9. The van der Waals surface area contributed by atoms with Gasteiger partial charge in [0.25, 0.3) is 0 Å². The Morgan fingerprint density at radius 1 is 1.16 bits per heavy atom. The lowest BCUT2D eigenvalue weighted by Crippen LogP contribution is -2.29. The minimum Gasteiger partial charge on any atom is -0.406 e. The average Bonchev–Trinajstić information content (AvgIpc) is 2.80. The minimum absolute atomic E-state index is 0.182. The van der Waals surface area contributed by atoms with Crippen LogP contribution in [0.4, 0.5) is 13.2 Å². The first-order valence-electron chi connectivity index (χ1n) is 6.28. The molecule has 3 nitrogen and oxygen atoms in total. The Balaban J connectivity index is 1.93. The molecule has 106 valence electrons. The van der Waals surface area contributed by atoms with Crippen LogP contribution in [-0.2, 0) is 0 Å². The van der Waals surface area contributed by atoms with Crippen LogP contribution in [0.2, 0.25) is 0 Å². The Bertz CT molecular complexity index is 399. The molecule has 1 saturated heterocycles. The van der Waals surface area contributed by atoms with Crippen molar-refractivity contribution in [1.29, 1.82) is 0 Å². The summed E-state index contributed by atoms with van der Waals surface area (Å²) in [7, 11) is 0. The van der Waals surface area contributed by atoms with Crippen LogP contribution in [0.1, 0.15) is 24.4 Å². The van der Waals surface area contributed by atoms with E-state index in [0.29, 0.717) is 0 Å². The maximum Gasteiger partial charge on any atom is 0.573 e. The molecule has 19 heavy (non-hydrogen) atoms. The minimum atomic E-state index is -4.65. The quantitative estimate of drug-likeness (QED) is 0.917. The Morgan fingerprint density at radius 2 is 1.74 bits per heavy atom. The van der Waals surface area contributed by atoms with E-state index in [9.17, 15) is 13.2 Å². The molecular weight excluding hydrogens is 257 g/mol. The van der Waals surface area contributed by atoms with E-state index in [4.69, 9.17) is 5.73 Å². The molecule has 1 atom stereocenters. The molecule has 0 bridgehead atoms. The van der Waals surface area contributed by atoms with Crippen molar-refractivity contribution in [3.05, 3.63) is 29.8 Å². The maximum atomic E-state index is 12.0. The second kappa shape index (κ2) is 5.79. The van der Waals surface area contributed by atoms with Gasteiger partial charge in [0.1, 0.15) is 5.75 Å². The van der Waals surface area contributed by atoms with Crippen LogP contribution >= 0.6 is 0 Å². The van der Waals surface area contributed by atoms with Gasteiger partial charge in [0, 0.05) is 12.6 Å². The number of rotatable bonds is 4. The third-order valence-electron chi connectivity index (χ3n) is 3.20. The Hall–Kier alpha value is -1.27. The third-order valence-corrected chi connectivity index (χ3v) is 3.20. The van der Waals surface area contributed by atoms with Crippen LogP contribution in [0.25, 0.3) is 0 Å². The molecule has 1 aromatic carbocycles. The van der Waals surface area contributed by atoms with Crippen molar-refractivity contribution in [2.45, 2.75) is 25.2 Å². The third kappa shape index (κ3) is 4.40. The summed E-state index contributed by atoms with van der Waals surface area (Å²) in [4.78, 5) is 2.27. The topological polar surface area (TPSA) is 38.5 Å². The molecule has 0 amide bonds. The maximum absolute atomic E-state index is 12.0. The van der Waals surface area contributed by atoms with E-state index < -0.39 is 6.36 Å². The summed E-state index contributed by atoms with van der Waals surface area (Å²) in [5.74, 6) is -0.218. The number of ether oxygens (including phenoxy) is 1. The van der Waals surface area contributed by atoms with Gasteiger partial charge in [-0.25, -0.2) is 0 Å². The molecule has 0 aromatic heterocycles. The summed E-state index contributed by atoms with van der Waals surface area (Å²) >= 11 is 0. The second-order valence-electron chi connectivity index (χ2n) is 4.73. The van der Waals surface area contributed by atoms with Crippen molar-refractivity contribution in [3.63, 3.8) is 0 Å². The van der Waals surface area contributed by atoms with Crippen LogP contribution in [0.3, 0.4) is 0 Å². The van der Waals surface area contributed by atoms with Crippen molar-refractivity contribution < 1.29 is 17.9 Å². The number of alkyl halides is 3. The first kappa shape index (κ1) is 14.1. The molecule has 2 rings (SSSR count). The van der Waals surface area contributed by atoms with Gasteiger partial charge in [-0.05, 0) is 43.6 Å². The van der Waals surface area contributed by atoms with Crippen LogP contribution in [-0.4, -0.2) is 30.9 Å². The van der Waals surface area contributed by atoms with Gasteiger partial charge < -0.3 is 15.4 Å². The first-order valence-corrected chi connectivity index (χ1v) is 6.28. The summed E-state index contributed by atoms with van der Waals surface area (Å²) in [6.07, 6.45) is -2.28. The standard InChI is InChI=1S/C13H17F3N2O/c14-13(15,16)19-11-5-3-10(4-6-11)12(17)9-18-7-1-2-8-18/h3-6,12H,1-2,7-9,17H2. The number of benzene rings is 1. The number of hydrogen-bond acceptors (Lipinski definition) is 3. The zero-order valence-electron chi connectivity index (χ0n) is 10.5. The van der Waals surface area contributed by atoms with Gasteiger partial charge >= 0.3 is 6.36 Å². The normalized spacial score (nSPS) is 18.5. The fraction of sp³-hybridized carbons (Fsp3) is 0.538. The largest absolute Gasteiger partial charge is 0.573 e. The van der Waals surface area contributed by atoms with E-state index in [0.717, 1.165) is 25.2 Å². The van der Waals surface area contributed by atoms with Gasteiger partial charge in [-0.15, -0.1) is 13.2 Å². The van der Waals surface area contributed by atoms with Crippen LogP contribution in [0.15, 0.2) is 24.3 Å². The molecule has 1 aliphatic rings. The van der Waals surface area contributed by atoms with Crippen LogP contribution < -0.4 is 10.5 Å². The van der Waals surface area contributed by atoms with Crippen molar-refractivity contribution in [1.82, 2.24) is 4.90 Å².